The Bertz CT molecular complexity index is 1260. The van der Waals surface area contributed by atoms with Crippen LogP contribution >= 0.6 is 11.6 Å². The van der Waals surface area contributed by atoms with Crippen molar-refractivity contribution in [2.45, 2.75) is 12.5 Å². The third-order valence-corrected chi connectivity index (χ3v) is 5.46. The summed E-state index contributed by atoms with van der Waals surface area (Å²) in [6, 6.07) is 25.6. The molecule has 35 heavy (non-hydrogen) atoms. The van der Waals surface area contributed by atoms with Crippen LogP contribution in [0.3, 0.4) is 0 Å². The van der Waals surface area contributed by atoms with Gasteiger partial charge in [-0.05, 0) is 28.8 Å². The van der Waals surface area contributed by atoms with E-state index in [0.29, 0.717) is 5.02 Å². The lowest BCUT2D eigenvalue weighted by Gasteiger charge is -2.18. The second-order valence-electron chi connectivity index (χ2n) is 7.53. The molecule has 0 fully saturated rings. The normalized spacial score (nSPS) is 10.6. The summed E-state index contributed by atoms with van der Waals surface area (Å²) in [5.41, 5.74) is 7.21. The maximum absolute atomic E-state index is 13.2. The van der Waals surface area contributed by atoms with Crippen molar-refractivity contribution in [2.24, 2.45) is 0 Å². The van der Waals surface area contributed by atoms with E-state index in [0.717, 1.165) is 16.7 Å². The monoisotopic (exact) mass is 488 g/mol. The average Bonchev–Trinajstić information content (AvgIpc) is 2.88. The maximum Gasteiger partial charge on any atom is 0.354 e. The van der Waals surface area contributed by atoms with E-state index in [-0.39, 0.29) is 18.2 Å². The van der Waals surface area contributed by atoms with Gasteiger partial charge in [0.2, 0.25) is 17.5 Å². The van der Waals surface area contributed by atoms with Crippen LogP contribution in [0.25, 0.3) is 0 Å². The zero-order valence-corrected chi connectivity index (χ0v) is 19.1. The van der Waals surface area contributed by atoms with Gasteiger partial charge in [-0.3, -0.25) is 25.8 Å². The molecule has 0 spiro atoms. The largest absolute Gasteiger partial charge is 0.360 e. The third-order valence-electron chi connectivity index (χ3n) is 5.21. The highest BCUT2D eigenvalue weighted by molar-refractivity contribution is 6.30. The molecule has 10 heteroatoms. The molecule has 1 heterocycles. The van der Waals surface area contributed by atoms with Crippen molar-refractivity contribution in [1.29, 1.82) is 0 Å². The Balaban J connectivity index is 1.54. The fourth-order valence-electron chi connectivity index (χ4n) is 3.54. The van der Waals surface area contributed by atoms with Gasteiger partial charge in [0.15, 0.2) is 0 Å². The summed E-state index contributed by atoms with van der Waals surface area (Å²) in [6.45, 7) is 0.283. The lowest BCUT2D eigenvalue weighted by atomic mass is 9.91. The molecule has 4 aromatic rings. The van der Waals surface area contributed by atoms with Crippen molar-refractivity contribution in [1.82, 2.24) is 15.4 Å². The minimum Gasteiger partial charge on any atom is -0.360 e. The molecule has 3 N–H and O–H groups in total. The first-order valence-corrected chi connectivity index (χ1v) is 11.0. The van der Waals surface area contributed by atoms with Gasteiger partial charge in [0.25, 0.3) is 0 Å². The average molecular weight is 489 g/mol. The second kappa shape index (κ2) is 11.1. The van der Waals surface area contributed by atoms with E-state index in [2.05, 4.69) is 26.1 Å². The Kier molecular flexibility index (Phi) is 7.49. The zero-order chi connectivity index (χ0) is 24.6. The first-order valence-electron chi connectivity index (χ1n) is 10.7. The predicted molar refractivity (Wildman–Crippen MR) is 134 cm³/mol. The Morgan fingerprint density at radius 3 is 2.03 bits per heavy atom. The van der Waals surface area contributed by atoms with E-state index in [4.69, 9.17) is 11.6 Å². The summed E-state index contributed by atoms with van der Waals surface area (Å²) >= 11 is 5.90. The van der Waals surface area contributed by atoms with Crippen molar-refractivity contribution in [3.63, 3.8) is 0 Å². The number of halogens is 1. The molecule has 0 saturated heterocycles. The van der Waals surface area contributed by atoms with Gasteiger partial charge in [-0.25, -0.2) is 9.97 Å². The van der Waals surface area contributed by atoms with Gasteiger partial charge in [0.1, 0.15) is 6.33 Å². The van der Waals surface area contributed by atoms with Crippen molar-refractivity contribution in [3.05, 3.63) is 123 Å². The van der Waals surface area contributed by atoms with Crippen LogP contribution in [0.5, 0.6) is 0 Å². The van der Waals surface area contributed by atoms with E-state index in [1.54, 1.807) is 24.3 Å². The van der Waals surface area contributed by atoms with Crippen LogP contribution in [0.2, 0.25) is 5.02 Å². The molecule has 1 aromatic heterocycles. The number of anilines is 2. The third kappa shape index (κ3) is 5.90. The van der Waals surface area contributed by atoms with E-state index >= 15 is 0 Å². The molecular weight excluding hydrogens is 468 g/mol. The Morgan fingerprint density at radius 2 is 1.46 bits per heavy atom. The summed E-state index contributed by atoms with van der Waals surface area (Å²) in [7, 11) is 0. The fourth-order valence-corrected chi connectivity index (χ4v) is 3.67. The standard InChI is InChI=1S/C25H21ClN6O3/c26-20-13-11-17(12-14-20)15-27-23-22(32(34)35)24(29-16-28-23)30-31-25(33)21(18-7-3-1-4-8-18)19-9-5-2-6-10-19/h1-14,16,21H,15H2,(H,31,33)(H2,27,28,29,30). The highest BCUT2D eigenvalue weighted by Gasteiger charge is 2.26. The van der Waals surface area contributed by atoms with Gasteiger partial charge in [-0.1, -0.05) is 84.4 Å². The number of carbonyl (C=O) groups excluding carboxylic acids is 1. The van der Waals surface area contributed by atoms with Crippen molar-refractivity contribution in [3.8, 4) is 0 Å². The molecule has 4 rings (SSSR count). The van der Waals surface area contributed by atoms with Crippen LogP contribution in [0.1, 0.15) is 22.6 Å². The quantitative estimate of drug-likeness (QED) is 0.225. The number of nitro groups is 1. The van der Waals surface area contributed by atoms with Crippen molar-refractivity contribution < 1.29 is 9.72 Å². The zero-order valence-electron chi connectivity index (χ0n) is 18.4. The van der Waals surface area contributed by atoms with Crippen molar-refractivity contribution >= 4 is 34.8 Å². The molecule has 0 saturated carbocycles. The summed E-state index contributed by atoms with van der Waals surface area (Å²) in [6.07, 6.45) is 1.18. The molecule has 0 atom stereocenters. The lowest BCUT2D eigenvalue weighted by Crippen LogP contribution is -2.35. The number of carbonyl (C=O) groups is 1. The molecule has 1 amide bonds. The number of hydrogen-bond donors (Lipinski definition) is 3. The van der Waals surface area contributed by atoms with Gasteiger partial charge in [0, 0.05) is 11.6 Å². The minimum absolute atomic E-state index is 0.0133. The molecule has 0 aliphatic carbocycles. The Labute approximate surface area is 206 Å². The van der Waals surface area contributed by atoms with Crippen LogP contribution in [0.4, 0.5) is 17.3 Å². The fraction of sp³-hybridized carbons (Fsp3) is 0.0800. The van der Waals surface area contributed by atoms with Gasteiger partial charge in [-0.2, -0.15) is 0 Å². The molecule has 0 aliphatic heterocycles. The molecular formula is C25H21ClN6O3. The first-order chi connectivity index (χ1) is 17.0. The van der Waals surface area contributed by atoms with E-state index < -0.39 is 22.4 Å². The van der Waals surface area contributed by atoms with Gasteiger partial charge < -0.3 is 5.32 Å². The second-order valence-corrected chi connectivity index (χ2v) is 7.96. The molecule has 0 aliphatic rings. The SMILES string of the molecule is O=C(NNc1ncnc(NCc2ccc(Cl)cc2)c1[N+](=O)[O-])C(c1ccccc1)c1ccccc1. The number of hydrogen-bond acceptors (Lipinski definition) is 7. The summed E-state index contributed by atoms with van der Waals surface area (Å²) in [4.78, 5) is 32.4. The maximum atomic E-state index is 13.2. The number of nitrogens with one attached hydrogen (secondary N) is 3. The number of rotatable bonds is 9. The number of amides is 1. The molecule has 176 valence electrons. The van der Waals surface area contributed by atoms with Gasteiger partial charge in [-0.15, -0.1) is 0 Å². The molecule has 3 aromatic carbocycles. The van der Waals surface area contributed by atoms with Crippen LogP contribution in [-0.2, 0) is 11.3 Å². The van der Waals surface area contributed by atoms with Crippen LogP contribution in [0, 0.1) is 10.1 Å². The van der Waals surface area contributed by atoms with E-state index in [9.17, 15) is 14.9 Å². The topological polar surface area (TPSA) is 122 Å². The highest BCUT2D eigenvalue weighted by Crippen LogP contribution is 2.29. The molecule has 9 nitrogen and oxygen atoms in total. The minimum atomic E-state index is -0.631. The number of benzene rings is 3. The first kappa shape index (κ1) is 23.7. The van der Waals surface area contributed by atoms with E-state index in [1.807, 2.05) is 60.7 Å². The van der Waals surface area contributed by atoms with Gasteiger partial charge >= 0.3 is 5.69 Å². The number of hydrazine groups is 1. The predicted octanol–water partition coefficient (Wildman–Crippen LogP) is 4.93. The van der Waals surface area contributed by atoms with Gasteiger partial charge in [0.05, 0.1) is 10.8 Å². The lowest BCUT2D eigenvalue weighted by molar-refractivity contribution is -0.383. The number of aromatic nitrogens is 2. The van der Waals surface area contributed by atoms with Crippen LogP contribution in [-0.4, -0.2) is 20.8 Å². The Hall–Kier alpha value is -4.50. The smallest absolute Gasteiger partial charge is 0.354 e. The number of nitrogens with zero attached hydrogens (tertiary/aromatic N) is 3. The van der Waals surface area contributed by atoms with Crippen molar-refractivity contribution in [2.75, 3.05) is 10.7 Å². The summed E-state index contributed by atoms with van der Waals surface area (Å²) in [5, 5.41) is 15.4. The van der Waals surface area contributed by atoms with Crippen LogP contribution in [0.15, 0.2) is 91.3 Å². The molecule has 0 bridgehead atoms. The van der Waals surface area contributed by atoms with Crippen LogP contribution < -0.4 is 16.2 Å². The molecule has 0 radical (unpaired) electrons. The summed E-state index contributed by atoms with van der Waals surface area (Å²) < 4.78 is 0. The Morgan fingerprint density at radius 1 is 0.886 bits per heavy atom. The highest BCUT2D eigenvalue weighted by atomic mass is 35.5. The summed E-state index contributed by atoms with van der Waals surface area (Å²) in [5.74, 6) is -1.16. The molecule has 0 unspecified atom stereocenters. The van der Waals surface area contributed by atoms with E-state index in [1.165, 1.54) is 6.33 Å².